The summed E-state index contributed by atoms with van der Waals surface area (Å²) in [6.07, 6.45) is 3.24. The van der Waals surface area contributed by atoms with Crippen LogP contribution in [0.5, 0.6) is 11.5 Å². The van der Waals surface area contributed by atoms with Gasteiger partial charge in [-0.25, -0.2) is 0 Å². The van der Waals surface area contributed by atoms with Crippen LogP contribution in [0, 0.1) is 0 Å². The van der Waals surface area contributed by atoms with Crippen molar-refractivity contribution in [2.75, 3.05) is 26.7 Å². The Morgan fingerprint density at radius 1 is 1.31 bits per heavy atom. The van der Waals surface area contributed by atoms with Crippen LogP contribution < -0.4 is 15.4 Å². The van der Waals surface area contributed by atoms with Gasteiger partial charge in [0.25, 0.3) is 0 Å². The van der Waals surface area contributed by atoms with Crippen molar-refractivity contribution >= 4 is 5.96 Å². The maximum Gasteiger partial charge on any atom is 0.191 e. The molecule has 0 saturated carbocycles. The maximum absolute atomic E-state index is 10.1. The molecule has 8 nitrogen and oxygen atoms in total. The summed E-state index contributed by atoms with van der Waals surface area (Å²) in [5, 5.41) is 24.7. The third kappa shape index (κ3) is 5.37. The molecule has 0 amide bonds. The lowest BCUT2D eigenvalue weighted by Crippen LogP contribution is -2.39. The van der Waals surface area contributed by atoms with Gasteiger partial charge in [0.15, 0.2) is 17.5 Å². The van der Waals surface area contributed by atoms with Crippen LogP contribution in [0.3, 0.4) is 0 Å². The molecule has 2 aromatic rings. The van der Waals surface area contributed by atoms with Gasteiger partial charge in [-0.05, 0) is 25.0 Å². The van der Waals surface area contributed by atoms with Crippen molar-refractivity contribution in [3.8, 4) is 11.5 Å². The minimum atomic E-state index is 0.183. The van der Waals surface area contributed by atoms with E-state index in [0.717, 1.165) is 43.4 Å². The molecular weight excluding hydrogens is 332 g/mol. The number of phenols is 1. The summed E-state index contributed by atoms with van der Waals surface area (Å²) in [4.78, 5) is 4.57. The van der Waals surface area contributed by atoms with E-state index in [2.05, 4.69) is 32.7 Å². The Balaban J connectivity index is 1.88. The predicted molar refractivity (Wildman–Crippen MR) is 102 cm³/mol. The highest BCUT2D eigenvalue weighted by molar-refractivity contribution is 5.79. The van der Waals surface area contributed by atoms with Gasteiger partial charge in [0.05, 0.1) is 7.11 Å². The van der Waals surface area contributed by atoms with Crippen LogP contribution in [0.4, 0.5) is 0 Å². The highest BCUT2D eigenvalue weighted by Gasteiger charge is 2.07. The molecule has 1 heterocycles. The zero-order chi connectivity index (χ0) is 18.8. The third-order valence-corrected chi connectivity index (χ3v) is 3.95. The standard InChI is InChI=1S/C18H28N6O2/c1-4-16-23-22-13-24(16)12-11-21-18(19-5-2)20-10-9-14-7-6-8-15(26-3)17(14)25/h6-8,13,25H,4-5,9-12H2,1-3H3,(H2,19,20,21). The summed E-state index contributed by atoms with van der Waals surface area (Å²) < 4.78 is 7.17. The molecule has 8 heteroatoms. The molecule has 0 unspecified atom stereocenters. The number of nitrogens with one attached hydrogen (secondary N) is 2. The second-order valence-electron chi connectivity index (χ2n) is 5.70. The van der Waals surface area contributed by atoms with Gasteiger partial charge in [-0.15, -0.1) is 10.2 Å². The number of ether oxygens (including phenoxy) is 1. The number of aliphatic imine (C=N–C) groups is 1. The zero-order valence-corrected chi connectivity index (χ0v) is 15.7. The molecule has 1 aromatic heterocycles. The molecule has 0 radical (unpaired) electrons. The Labute approximate surface area is 154 Å². The molecule has 0 fully saturated rings. The molecule has 0 spiro atoms. The Bertz CT molecular complexity index is 713. The molecule has 2 rings (SSSR count). The van der Waals surface area contributed by atoms with Crippen molar-refractivity contribution in [1.82, 2.24) is 25.4 Å². The fourth-order valence-electron chi connectivity index (χ4n) is 2.60. The number of hydrogen-bond acceptors (Lipinski definition) is 5. The van der Waals surface area contributed by atoms with Crippen molar-refractivity contribution in [3.05, 3.63) is 35.9 Å². The predicted octanol–water partition coefficient (Wildman–Crippen LogP) is 1.35. The number of methoxy groups -OCH3 is 1. The normalized spacial score (nSPS) is 11.4. The molecular formula is C18H28N6O2. The number of aryl methyl sites for hydroxylation is 1. The minimum absolute atomic E-state index is 0.183. The molecule has 3 N–H and O–H groups in total. The highest BCUT2D eigenvalue weighted by atomic mass is 16.5. The first-order chi connectivity index (χ1) is 12.7. The number of nitrogens with zero attached hydrogens (tertiary/aromatic N) is 4. The number of aromatic hydroxyl groups is 1. The van der Waals surface area contributed by atoms with E-state index >= 15 is 0 Å². The number of para-hydroxylation sites is 1. The van der Waals surface area contributed by atoms with Crippen molar-refractivity contribution in [1.29, 1.82) is 0 Å². The van der Waals surface area contributed by atoms with E-state index in [1.165, 1.54) is 0 Å². The molecule has 0 aliphatic heterocycles. The van der Waals surface area contributed by atoms with Crippen LogP contribution in [0.2, 0.25) is 0 Å². The number of hydrogen-bond donors (Lipinski definition) is 3. The van der Waals surface area contributed by atoms with Crippen LogP contribution >= 0.6 is 0 Å². The average Bonchev–Trinajstić information content (AvgIpc) is 3.10. The van der Waals surface area contributed by atoms with Gasteiger partial charge in [0.2, 0.25) is 0 Å². The number of benzene rings is 1. The first kappa shape index (κ1) is 19.6. The van der Waals surface area contributed by atoms with Crippen LogP contribution in [0.25, 0.3) is 0 Å². The molecule has 0 saturated heterocycles. The molecule has 0 atom stereocenters. The van der Waals surface area contributed by atoms with Gasteiger partial charge in [0.1, 0.15) is 12.2 Å². The fraction of sp³-hybridized carbons (Fsp3) is 0.500. The van der Waals surface area contributed by atoms with E-state index < -0.39 is 0 Å². The summed E-state index contributed by atoms with van der Waals surface area (Å²) in [7, 11) is 1.55. The maximum atomic E-state index is 10.1. The van der Waals surface area contributed by atoms with E-state index in [1.54, 1.807) is 19.5 Å². The zero-order valence-electron chi connectivity index (χ0n) is 15.7. The van der Waals surface area contributed by atoms with Crippen molar-refractivity contribution in [2.45, 2.75) is 33.2 Å². The number of rotatable bonds is 9. The summed E-state index contributed by atoms with van der Waals surface area (Å²) in [5.41, 5.74) is 0.820. The van der Waals surface area contributed by atoms with Crippen molar-refractivity contribution in [2.24, 2.45) is 4.99 Å². The van der Waals surface area contributed by atoms with Crippen LogP contribution in [-0.4, -0.2) is 52.6 Å². The van der Waals surface area contributed by atoms with E-state index in [4.69, 9.17) is 4.74 Å². The van der Waals surface area contributed by atoms with E-state index in [1.807, 2.05) is 23.6 Å². The first-order valence-corrected chi connectivity index (χ1v) is 8.93. The van der Waals surface area contributed by atoms with Crippen LogP contribution in [0.1, 0.15) is 25.2 Å². The van der Waals surface area contributed by atoms with Crippen LogP contribution in [0.15, 0.2) is 29.5 Å². The lowest BCUT2D eigenvalue weighted by Gasteiger charge is -2.12. The van der Waals surface area contributed by atoms with Gasteiger partial charge in [-0.3, -0.25) is 4.99 Å². The van der Waals surface area contributed by atoms with E-state index in [0.29, 0.717) is 18.7 Å². The average molecular weight is 360 g/mol. The molecule has 142 valence electrons. The quantitative estimate of drug-likeness (QED) is 0.461. The van der Waals surface area contributed by atoms with Crippen molar-refractivity contribution in [3.63, 3.8) is 0 Å². The SMILES string of the molecule is CCNC(=NCCc1cccc(OC)c1O)NCCn1cnnc1CC. The monoisotopic (exact) mass is 360 g/mol. The van der Waals surface area contributed by atoms with Gasteiger partial charge >= 0.3 is 0 Å². The Hall–Kier alpha value is -2.77. The Kier molecular flexibility index (Phi) is 7.73. The second kappa shape index (κ2) is 10.3. The highest BCUT2D eigenvalue weighted by Crippen LogP contribution is 2.29. The van der Waals surface area contributed by atoms with Crippen molar-refractivity contribution < 1.29 is 9.84 Å². The minimum Gasteiger partial charge on any atom is -0.504 e. The summed E-state index contributed by atoms with van der Waals surface area (Å²) in [5.74, 6) is 2.39. The van der Waals surface area contributed by atoms with E-state index in [-0.39, 0.29) is 5.75 Å². The Morgan fingerprint density at radius 2 is 2.15 bits per heavy atom. The molecule has 26 heavy (non-hydrogen) atoms. The third-order valence-electron chi connectivity index (χ3n) is 3.95. The smallest absolute Gasteiger partial charge is 0.191 e. The van der Waals surface area contributed by atoms with E-state index in [9.17, 15) is 5.11 Å². The summed E-state index contributed by atoms with van der Waals surface area (Å²) in [6, 6.07) is 5.49. The second-order valence-corrected chi connectivity index (χ2v) is 5.70. The summed E-state index contributed by atoms with van der Waals surface area (Å²) in [6.45, 7) is 6.93. The lowest BCUT2D eigenvalue weighted by atomic mass is 10.1. The topological polar surface area (TPSA) is 96.6 Å². The van der Waals surface area contributed by atoms with Gasteiger partial charge in [-0.2, -0.15) is 0 Å². The molecule has 0 bridgehead atoms. The largest absolute Gasteiger partial charge is 0.504 e. The first-order valence-electron chi connectivity index (χ1n) is 8.93. The van der Waals surface area contributed by atoms with Gasteiger partial charge in [0, 0.05) is 32.6 Å². The number of phenolic OH excluding ortho intramolecular Hbond substituents is 1. The fourth-order valence-corrected chi connectivity index (χ4v) is 2.60. The molecule has 1 aromatic carbocycles. The van der Waals surface area contributed by atoms with Gasteiger partial charge in [-0.1, -0.05) is 19.1 Å². The van der Waals surface area contributed by atoms with Crippen LogP contribution in [-0.2, 0) is 19.4 Å². The lowest BCUT2D eigenvalue weighted by molar-refractivity contribution is 0.370. The molecule has 0 aliphatic rings. The summed E-state index contributed by atoms with van der Waals surface area (Å²) >= 11 is 0. The Morgan fingerprint density at radius 3 is 2.88 bits per heavy atom. The number of guanidine groups is 1. The number of aromatic nitrogens is 3. The molecule has 0 aliphatic carbocycles. The van der Waals surface area contributed by atoms with Gasteiger partial charge < -0.3 is 25.0 Å².